The lowest BCUT2D eigenvalue weighted by Crippen LogP contribution is -2.03. The molecule has 2 aromatic rings. The second-order valence-corrected chi connectivity index (χ2v) is 3.75. The Labute approximate surface area is 101 Å². The molecule has 17 heavy (non-hydrogen) atoms. The van der Waals surface area contributed by atoms with Crippen molar-refractivity contribution in [3.05, 3.63) is 48.0 Å². The van der Waals surface area contributed by atoms with Gasteiger partial charge >= 0.3 is 0 Å². The fourth-order valence-electron chi connectivity index (χ4n) is 1.57. The van der Waals surface area contributed by atoms with Gasteiger partial charge in [-0.25, -0.2) is 0 Å². The van der Waals surface area contributed by atoms with Crippen LogP contribution in [-0.4, -0.2) is 17.1 Å². The third-order valence-electron chi connectivity index (χ3n) is 2.43. The Kier molecular flexibility index (Phi) is 3.55. The minimum Gasteiger partial charge on any atom is -0.495 e. The Morgan fingerprint density at radius 3 is 2.88 bits per heavy atom. The molecule has 0 fully saturated rings. The summed E-state index contributed by atoms with van der Waals surface area (Å²) < 4.78 is 5.29. The zero-order valence-corrected chi connectivity index (χ0v) is 9.97. The summed E-state index contributed by atoms with van der Waals surface area (Å²) in [6.07, 6.45) is 5.09. The molecule has 0 radical (unpaired) electrons. The molecule has 4 heteroatoms. The summed E-state index contributed by atoms with van der Waals surface area (Å²) in [4.78, 5) is 8.23. The zero-order chi connectivity index (χ0) is 12.1. The number of nitrogens with one attached hydrogen (secondary N) is 1. The van der Waals surface area contributed by atoms with Gasteiger partial charge in [-0.05, 0) is 24.6 Å². The SMILES string of the molecule is COc1ccc(C)cc1NCc1cnccn1. The molecule has 0 spiro atoms. The van der Waals surface area contributed by atoms with Crippen molar-refractivity contribution in [3.8, 4) is 5.75 Å². The third-order valence-corrected chi connectivity index (χ3v) is 2.43. The average Bonchev–Trinajstić information content (AvgIpc) is 2.38. The molecule has 0 aliphatic carbocycles. The largest absolute Gasteiger partial charge is 0.495 e. The first kappa shape index (κ1) is 11.4. The fraction of sp³-hybridized carbons (Fsp3) is 0.231. The molecule has 0 aliphatic heterocycles. The lowest BCUT2D eigenvalue weighted by Gasteiger charge is -2.11. The molecule has 4 nitrogen and oxygen atoms in total. The number of hydrogen-bond acceptors (Lipinski definition) is 4. The molecule has 1 N–H and O–H groups in total. The van der Waals surface area contributed by atoms with Gasteiger partial charge in [-0.15, -0.1) is 0 Å². The Hall–Kier alpha value is -2.10. The van der Waals surface area contributed by atoms with E-state index in [0.717, 1.165) is 17.1 Å². The fourth-order valence-corrected chi connectivity index (χ4v) is 1.57. The standard InChI is InChI=1S/C13H15N3O/c1-10-3-4-13(17-2)12(7-10)16-9-11-8-14-5-6-15-11/h3-8,16H,9H2,1-2H3. The number of anilines is 1. The molecule has 0 aliphatic rings. The summed E-state index contributed by atoms with van der Waals surface area (Å²) in [5.41, 5.74) is 3.06. The summed E-state index contributed by atoms with van der Waals surface area (Å²) in [6, 6.07) is 6.02. The van der Waals surface area contributed by atoms with E-state index in [2.05, 4.69) is 21.4 Å². The van der Waals surface area contributed by atoms with Crippen LogP contribution in [0.3, 0.4) is 0 Å². The van der Waals surface area contributed by atoms with Gasteiger partial charge in [0.2, 0.25) is 0 Å². The third kappa shape index (κ3) is 2.93. The quantitative estimate of drug-likeness (QED) is 0.874. The van der Waals surface area contributed by atoms with Crippen LogP contribution >= 0.6 is 0 Å². The lowest BCUT2D eigenvalue weighted by atomic mass is 10.2. The van der Waals surface area contributed by atoms with E-state index in [1.165, 1.54) is 5.56 Å². The molecular formula is C13H15N3O. The van der Waals surface area contributed by atoms with Gasteiger partial charge in [-0.2, -0.15) is 0 Å². The molecule has 0 bridgehead atoms. The summed E-state index contributed by atoms with van der Waals surface area (Å²) in [6.45, 7) is 2.68. The predicted molar refractivity (Wildman–Crippen MR) is 67.1 cm³/mol. The van der Waals surface area contributed by atoms with E-state index in [9.17, 15) is 0 Å². The average molecular weight is 229 g/mol. The molecule has 2 rings (SSSR count). The Balaban J connectivity index is 2.11. The van der Waals surface area contributed by atoms with Crippen LogP contribution in [0.15, 0.2) is 36.8 Å². The number of rotatable bonds is 4. The normalized spacial score (nSPS) is 10.0. The van der Waals surface area contributed by atoms with Gasteiger partial charge in [0.1, 0.15) is 5.75 Å². The molecular weight excluding hydrogens is 214 g/mol. The first-order chi connectivity index (χ1) is 8.29. The van der Waals surface area contributed by atoms with E-state index in [1.54, 1.807) is 25.7 Å². The minimum absolute atomic E-state index is 0.633. The van der Waals surface area contributed by atoms with E-state index >= 15 is 0 Å². The molecule has 0 amide bonds. The van der Waals surface area contributed by atoms with Crippen molar-refractivity contribution >= 4 is 5.69 Å². The van der Waals surface area contributed by atoms with E-state index in [-0.39, 0.29) is 0 Å². The Morgan fingerprint density at radius 1 is 1.29 bits per heavy atom. The van der Waals surface area contributed by atoms with Gasteiger partial charge < -0.3 is 10.1 Å². The predicted octanol–water partition coefficient (Wildman–Crippen LogP) is 2.41. The van der Waals surface area contributed by atoms with Crippen LogP contribution in [0, 0.1) is 6.92 Å². The van der Waals surface area contributed by atoms with Crippen LogP contribution in [-0.2, 0) is 6.54 Å². The second-order valence-electron chi connectivity index (χ2n) is 3.75. The highest BCUT2D eigenvalue weighted by Gasteiger charge is 2.02. The van der Waals surface area contributed by atoms with Crippen molar-refractivity contribution in [1.29, 1.82) is 0 Å². The van der Waals surface area contributed by atoms with Gasteiger partial charge in [0.05, 0.1) is 31.2 Å². The van der Waals surface area contributed by atoms with Crippen LogP contribution in [0.4, 0.5) is 5.69 Å². The van der Waals surface area contributed by atoms with Crippen molar-refractivity contribution in [1.82, 2.24) is 9.97 Å². The Bertz CT molecular complexity index is 485. The van der Waals surface area contributed by atoms with Crippen LogP contribution in [0.1, 0.15) is 11.3 Å². The summed E-state index contributed by atoms with van der Waals surface area (Å²) in [7, 11) is 1.66. The van der Waals surface area contributed by atoms with Crippen LogP contribution < -0.4 is 10.1 Å². The maximum Gasteiger partial charge on any atom is 0.141 e. The first-order valence-corrected chi connectivity index (χ1v) is 5.43. The van der Waals surface area contributed by atoms with Gasteiger partial charge in [-0.1, -0.05) is 6.07 Å². The van der Waals surface area contributed by atoms with Gasteiger partial charge in [0, 0.05) is 12.4 Å². The van der Waals surface area contributed by atoms with E-state index in [1.807, 2.05) is 19.1 Å². The maximum atomic E-state index is 5.29. The molecule has 0 saturated carbocycles. The highest BCUT2D eigenvalue weighted by atomic mass is 16.5. The molecule has 0 unspecified atom stereocenters. The zero-order valence-electron chi connectivity index (χ0n) is 9.97. The number of nitrogens with zero attached hydrogens (tertiary/aromatic N) is 2. The minimum atomic E-state index is 0.633. The molecule has 0 saturated heterocycles. The van der Waals surface area contributed by atoms with Gasteiger partial charge in [-0.3, -0.25) is 9.97 Å². The molecule has 1 aromatic carbocycles. The van der Waals surface area contributed by atoms with Gasteiger partial charge in [0.15, 0.2) is 0 Å². The van der Waals surface area contributed by atoms with Crippen molar-refractivity contribution in [2.75, 3.05) is 12.4 Å². The summed E-state index contributed by atoms with van der Waals surface area (Å²) >= 11 is 0. The summed E-state index contributed by atoms with van der Waals surface area (Å²) in [5.74, 6) is 0.833. The highest BCUT2D eigenvalue weighted by molar-refractivity contribution is 5.57. The molecule has 1 aromatic heterocycles. The van der Waals surface area contributed by atoms with Crippen molar-refractivity contribution in [2.24, 2.45) is 0 Å². The molecule has 88 valence electrons. The van der Waals surface area contributed by atoms with Crippen LogP contribution in [0.25, 0.3) is 0 Å². The van der Waals surface area contributed by atoms with Crippen LogP contribution in [0.2, 0.25) is 0 Å². The number of ether oxygens (including phenoxy) is 1. The van der Waals surface area contributed by atoms with E-state index in [4.69, 9.17) is 4.74 Å². The lowest BCUT2D eigenvalue weighted by molar-refractivity contribution is 0.416. The van der Waals surface area contributed by atoms with Gasteiger partial charge in [0.25, 0.3) is 0 Å². The number of benzene rings is 1. The van der Waals surface area contributed by atoms with Crippen molar-refractivity contribution < 1.29 is 4.74 Å². The smallest absolute Gasteiger partial charge is 0.141 e. The number of hydrogen-bond donors (Lipinski definition) is 1. The second kappa shape index (κ2) is 5.30. The monoisotopic (exact) mass is 229 g/mol. The topological polar surface area (TPSA) is 47.0 Å². The van der Waals surface area contributed by atoms with Crippen molar-refractivity contribution in [3.63, 3.8) is 0 Å². The van der Waals surface area contributed by atoms with E-state index in [0.29, 0.717) is 6.54 Å². The number of aromatic nitrogens is 2. The van der Waals surface area contributed by atoms with Crippen molar-refractivity contribution in [2.45, 2.75) is 13.5 Å². The number of aryl methyl sites for hydroxylation is 1. The molecule has 1 heterocycles. The molecule has 0 atom stereocenters. The highest BCUT2D eigenvalue weighted by Crippen LogP contribution is 2.25. The number of methoxy groups -OCH3 is 1. The first-order valence-electron chi connectivity index (χ1n) is 5.43. The maximum absolute atomic E-state index is 5.29. The Morgan fingerprint density at radius 2 is 2.18 bits per heavy atom. The van der Waals surface area contributed by atoms with Crippen LogP contribution in [0.5, 0.6) is 5.75 Å². The summed E-state index contributed by atoms with van der Waals surface area (Å²) in [5, 5.41) is 3.29. The van der Waals surface area contributed by atoms with E-state index < -0.39 is 0 Å².